The Bertz CT molecular complexity index is 475. The lowest BCUT2D eigenvalue weighted by molar-refractivity contribution is 0.100. The van der Waals surface area contributed by atoms with Crippen LogP contribution in [0.2, 0.25) is 0 Å². The molecule has 1 aromatic rings. The van der Waals surface area contributed by atoms with Crippen molar-refractivity contribution in [3.05, 3.63) is 23.8 Å². The molecular formula is C14H22N4O. The maximum absolute atomic E-state index is 11.3. The van der Waals surface area contributed by atoms with E-state index < -0.39 is 5.91 Å². The number of anilines is 2. The van der Waals surface area contributed by atoms with E-state index in [0.717, 1.165) is 31.7 Å². The van der Waals surface area contributed by atoms with E-state index in [1.807, 2.05) is 0 Å². The zero-order chi connectivity index (χ0) is 14.0. The lowest BCUT2D eigenvalue weighted by Crippen LogP contribution is -2.51. The topological polar surface area (TPSA) is 75.6 Å². The van der Waals surface area contributed by atoms with E-state index >= 15 is 0 Å². The summed E-state index contributed by atoms with van der Waals surface area (Å²) in [6.07, 6.45) is 1.10. The molecule has 1 aromatic carbocycles. The molecule has 0 aromatic heterocycles. The second-order valence-electron chi connectivity index (χ2n) is 5.13. The SMILES string of the molecule is CCC1CN(c2cc(C(N)=O)ccc2N)CCN1C. The van der Waals surface area contributed by atoms with Crippen molar-refractivity contribution in [3.63, 3.8) is 0 Å². The maximum atomic E-state index is 11.3. The molecule has 0 saturated carbocycles. The van der Waals surface area contributed by atoms with Gasteiger partial charge < -0.3 is 16.4 Å². The second kappa shape index (κ2) is 5.48. The fourth-order valence-corrected chi connectivity index (χ4v) is 2.58. The molecule has 1 aliphatic heterocycles. The predicted molar refractivity (Wildman–Crippen MR) is 78.3 cm³/mol. The number of amides is 1. The van der Waals surface area contributed by atoms with Crippen molar-refractivity contribution in [2.75, 3.05) is 37.3 Å². The summed E-state index contributed by atoms with van der Waals surface area (Å²) in [6, 6.07) is 5.75. The van der Waals surface area contributed by atoms with E-state index in [4.69, 9.17) is 11.5 Å². The zero-order valence-corrected chi connectivity index (χ0v) is 11.6. The summed E-state index contributed by atoms with van der Waals surface area (Å²) < 4.78 is 0. The van der Waals surface area contributed by atoms with Crippen molar-refractivity contribution in [2.45, 2.75) is 19.4 Å². The summed E-state index contributed by atoms with van der Waals surface area (Å²) in [5.74, 6) is -0.414. The van der Waals surface area contributed by atoms with Gasteiger partial charge in [-0.15, -0.1) is 0 Å². The molecule has 1 atom stereocenters. The number of primary amides is 1. The third kappa shape index (κ3) is 2.81. The minimum atomic E-state index is -0.414. The summed E-state index contributed by atoms with van der Waals surface area (Å²) in [4.78, 5) is 15.9. The summed E-state index contributed by atoms with van der Waals surface area (Å²) in [7, 11) is 2.15. The number of nitrogens with zero attached hydrogens (tertiary/aromatic N) is 2. The Morgan fingerprint density at radius 3 is 2.79 bits per heavy atom. The number of carbonyl (C=O) groups is 1. The van der Waals surface area contributed by atoms with E-state index in [9.17, 15) is 4.79 Å². The molecule has 1 fully saturated rings. The van der Waals surface area contributed by atoms with Crippen LogP contribution in [0.15, 0.2) is 18.2 Å². The summed E-state index contributed by atoms with van der Waals surface area (Å²) >= 11 is 0. The van der Waals surface area contributed by atoms with E-state index in [0.29, 0.717) is 17.3 Å². The van der Waals surface area contributed by atoms with Crippen LogP contribution in [0.4, 0.5) is 11.4 Å². The van der Waals surface area contributed by atoms with E-state index in [-0.39, 0.29) is 0 Å². The number of nitrogens with two attached hydrogens (primary N) is 2. The van der Waals surface area contributed by atoms with Crippen molar-refractivity contribution in [2.24, 2.45) is 5.73 Å². The Labute approximate surface area is 114 Å². The second-order valence-corrected chi connectivity index (χ2v) is 5.13. The standard InChI is InChI=1S/C14H22N4O/c1-3-11-9-18(7-6-17(11)2)13-8-10(14(16)19)4-5-12(13)15/h4-5,8,11H,3,6-7,9,15H2,1-2H3,(H2,16,19). The Hall–Kier alpha value is -1.75. The lowest BCUT2D eigenvalue weighted by atomic mass is 10.1. The van der Waals surface area contributed by atoms with E-state index in [2.05, 4.69) is 23.8 Å². The van der Waals surface area contributed by atoms with Crippen LogP contribution < -0.4 is 16.4 Å². The first-order valence-corrected chi connectivity index (χ1v) is 6.67. The number of hydrogen-bond acceptors (Lipinski definition) is 4. The number of rotatable bonds is 3. The predicted octanol–water partition coefficient (Wildman–Crippen LogP) is 0.898. The van der Waals surface area contributed by atoms with Crippen LogP contribution in [-0.4, -0.2) is 43.5 Å². The van der Waals surface area contributed by atoms with Gasteiger partial charge in [0.25, 0.3) is 0 Å². The molecule has 5 heteroatoms. The van der Waals surface area contributed by atoms with Crippen molar-refractivity contribution in [3.8, 4) is 0 Å². The highest BCUT2D eigenvalue weighted by molar-refractivity contribution is 5.95. The number of hydrogen-bond donors (Lipinski definition) is 2. The molecular weight excluding hydrogens is 240 g/mol. The smallest absolute Gasteiger partial charge is 0.248 e. The molecule has 0 aliphatic carbocycles. The van der Waals surface area contributed by atoms with Gasteiger partial charge >= 0.3 is 0 Å². The largest absolute Gasteiger partial charge is 0.397 e. The van der Waals surface area contributed by atoms with Crippen molar-refractivity contribution in [1.29, 1.82) is 0 Å². The van der Waals surface area contributed by atoms with Gasteiger partial charge in [-0.1, -0.05) is 6.92 Å². The molecule has 5 nitrogen and oxygen atoms in total. The molecule has 1 unspecified atom stereocenters. The molecule has 104 valence electrons. The fraction of sp³-hybridized carbons (Fsp3) is 0.500. The first kappa shape index (κ1) is 13.7. The minimum absolute atomic E-state index is 0.414. The van der Waals surface area contributed by atoms with Crippen LogP contribution in [0, 0.1) is 0 Å². The van der Waals surface area contributed by atoms with Crippen LogP contribution in [-0.2, 0) is 0 Å². The van der Waals surface area contributed by atoms with Crippen LogP contribution in [0.3, 0.4) is 0 Å². The quantitative estimate of drug-likeness (QED) is 0.794. The van der Waals surface area contributed by atoms with Crippen molar-refractivity contribution >= 4 is 17.3 Å². The third-order valence-electron chi connectivity index (χ3n) is 3.90. The summed E-state index contributed by atoms with van der Waals surface area (Å²) in [5, 5.41) is 0. The van der Waals surface area contributed by atoms with Crippen LogP contribution in [0.25, 0.3) is 0 Å². The minimum Gasteiger partial charge on any atom is -0.397 e. The molecule has 1 aliphatic rings. The van der Waals surface area contributed by atoms with Crippen molar-refractivity contribution in [1.82, 2.24) is 4.90 Å². The summed E-state index contributed by atoms with van der Waals surface area (Å²) in [5.41, 5.74) is 13.5. The molecule has 0 spiro atoms. The molecule has 1 saturated heterocycles. The highest BCUT2D eigenvalue weighted by Crippen LogP contribution is 2.27. The van der Waals surface area contributed by atoms with Gasteiger partial charge in [-0.3, -0.25) is 9.69 Å². The lowest BCUT2D eigenvalue weighted by Gasteiger charge is -2.40. The van der Waals surface area contributed by atoms with Gasteiger partial charge in [-0.25, -0.2) is 0 Å². The Morgan fingerprint density at radius 1 is 1.42 bits per heavy atom. The van der Waals surface area contributed by atoms with Gasteiger partial charge in [0, 0.05) is 31.2 Å². The number of nitrogen functional groups attached to an aromatic ring is 1. The highest BCUT2D eigenvalue weighted by atomic mass is 16.1. The monoisotopic (exact) mass is 262 g/mol. The first-order chi connectivity index (χ1) is 9.02. The van der Waals surface area contributed by atoms with E-state index in [1.165, 1.54) is 0 Å². The molecule has 1 heterocycles. The highest BCUT2D eigenvalue weighted by Gasteiger charge is 2.24. The average Bonchev–Trinajstić information content (AvgIpc) is 2.40. The fourth-order valence-electron chi connectivity index (χ4n) is 2.58. The molecule has 1 amide bonds. The van der Waals surface area contributed by atoms with E-state index in [1.54, 1.807) is 18.2 Å². The molecule has 2 rings (SSSR count). The zero-order valence-electron chi connectivity index (χ0n) is 11.6. The number of benzene rings is 1. The normalized spacial score (nSPS) is 20.5. The third-order valence-corrected chi connectivity index (χ3v) is 3.90. The number of likely N-dealkylation sites (N-methyl/N-ethyl adjacent to an activating group) is 1. The van der Waals surface area contributed by atoms with Gasteiger partial charge in [-0.2, -0.15) is 0 Å². The number of carbonyl (C=O) groups excluding carboxylic acids is 1. The van der Waals surface area contributed by atoms with Crippen molar-refractivity contribution < 1.29 is 4.79 Å². The van der Waals surface area contributed by atoms with Gasteiger partial charge in [-0.05, 0) is 31.7 Å². The average molecular weight is 262 g/mol. The Balaban J connectivity index is 2.26. The maximum Gasteiger partial charge on any atom is 0.248 e. The molecule has 4 N–H and O–H groups in total. The summed E-state index contributed by atoms with van der Waals surface area (Å²) in [6.45, 7) is 5.03. The van der Waals surface area contributed by atoms with Gasteiger partial charge in [0.15, 0.2) is 0 Å². The number of piperazine rings is 1. The van der Waals surface area contributed by atoms with Gasteiger partial charge in [0.05, 0.1) is 11.4 Å². The van der Waals surface area contributed by atoms with Gasteiger partial charge in [0.1, 0.15) is 0 Å². The Kier molecular flexibility index (Phi) is 3.95. The van der Waals surface area contributed by atoms with Crippen LogP contribution >= 0.6 is 0 Å². The van der Waals surface area contributed by atoms with Crippen LogP contribution in [0.1, 0.15) is 23.7 Å². The molecule has 0 radical (unpaired) electrons. The first-order valence-electron chi connectivity index (χ1n) is 6.67. The van der Waals surface area contributed by atoms with Gasteiger partial charge in [0.2, 0.25) is 5.91 Å². The molecule has 19 heavy (non-hydrogen) atoms. The molecule has 0 bridgehead atoms. The van der Waals surface area contributed by atoms with Crippen LogP contribution in [0.5, 0.6) is 0 Å². The Morgan fingerprint density at radius 2 is 2.16 bits per heavy atom.